The first-order valence-corrected chi connectivity index (χ1v) is 8.43. The van der Waals surface area contributed by atoms with Crippen LogP contribution in [0.1, 0.15) is 64.2 Å². The van der Waals surface area contributed by atoms with Gasteiger partial charge in [0.05, 0.1) is 0 Å². The third-order valence-electron chi connectivity index (χ3n) is 5.65. The molecule has 2 aliphatic rings. The lowest BCUT2D eigenvalue weighted by Gasteiger charge is -2.37. The van der Waals surface area contributed by atoms with Gasteiger partial charge < -0.3 is 0 Å². The van der Waals surface area contributed by atoms with E-state index < -0.39 is 17.8 Å². The van der Waals surface area contributed by atoms with E-state index in [2.05, 4.69) is 6.58 Å². The lowest BCUT2D eigenvalue weighted by atomic mass is 9.68. The van der Waals surface area contributed by atoms with E-state index in [1.54, 1.807) is 0 Å². The number of rotatable bonds is 5. The molecule has 0 aromatic carbocycles. The first-order chi connectivity index (χ1) is 10.1. The van der Waals surface area contributed by atoms with Crippen molar-refractivity contribution in [3.05, 3.63) is 24.6 Å². The molecule has 0 bridgehead atoms. The van der Waals surface area contributed by atoms with Crippen LogP contribution in [0, 0.1) is 23.7 Å². The molecule has 120 valence electrons. The molecule has 0 saturated heterocycles. The molecule has 0 nitrogen and oxygen atoms in total. The van der Waals surface area contributed by atoms with Crippen LogP contribution in [0.4, 0.5) is 13.2 Å². The highest BCUT2D eigenvalue weighted by molar-refractivity contribution is 5.00. The highest BCUT2D eigenvalue weighted by Gasteiger charge is 2.32. The first-order valence-electron chi connectivity index (χ1n) is 8.43. The Morgan fingerprint density at radius 3 is 1.86 bits per heavy atom. The van der Waals surface area contributed by atoms with Gasteiger partial charge in [-0.3, -0.25) is 0 Å². The summed E-state index contributed by atoms with van der Waals surface area (Å²) < 4.78 is 37.9. The first kappa shape index (κ1) is 16.6. The molecule has 2 saturated carbocycles. The van der Waals surface area contributed by atoms with Crippen molar-refractivity contribution < 1.29 is 13.2 Å². The van der Waals surface area contributed by atoms with Gasteiger partial charge in [0.15, 0.2) is 5.83 Å². The van der Waals surface area contributed by atoms with Crippen molar-refractivity contribution in [3.63, 3.8) is 0 Å². The summed E-state index contributed by atoms with van der Waals surface area (Å²) in [5.41, 5.74) is 0. The molecular weight excluding hydrogens is 273 g/mol. The van der Waals surface area contributed by atoms with Gasteiger partial charge in [0, 0.05) is 5.92 Å². The maximum Gasteiger partial charge on any atom is 0.301 e. The molecule has 2 fully saturated rings. The molecule has 0 spiro atoms. The van der Waals surface area contributed by atoms with E-state index in [4.69, 9.17) is 0 Å². The van der Waals surface area contributed by atoms with Crippen molar-refractivity contribution >= 4 is 0 Å². The van der Waals surface area contributed by atoms with Crippen LogP contribution < -0.4 is 0 Å². The lowest BCUT2D eigenvalue weighted by molar-refractivity contribution is 0.143. The molecular formula is C18H27F3. The summed E-state index contributed by atoms with van der Waals surface area (Å²) >= 11 is 0. The largest absolute Gasteiger partial charge is 0.301 e. The topological polar surface area (TPSA) is 0 Å². The van der Waals surface area contributed by atoms with E-state index in [1.165, 1.54) is 32.1 Å². The van der Waals surface area contributed by atoms with E-state index in [-0.39, 0.29) is 0 Å². The summed E-state index contributed by atoms with van der Waals surface area (Å²) in [6, 6.07) is 0. The van der Waals surface area contributed by atoms with Gasteiger partial charge in [-0.1, -0.05) is 18.9 Å². The predicted octanol–water partition coefficient (Wildman–Crippen LogP) is 6.64. The van der Waals surface area contributed by atoms with E-state index in [9.17, 15) is 13.2 Å². The number of halogens is 3. The smallest absolute Gasteiger partial charge is 0.206 e. The normalized spacial score (nSPS) is 33.5. The second-order valence-electron chi connectivity index (χ2n) is 6.87. The van der Waals surface area contributed by atoms with Crippen molar-refractivity contribution in [1.82, 2.24) is 0 Å². The van der Waals surface area contributed by atoms with Crippen molar-refractivity contribution in [2.45, 2.75) is 64.2 Å². The Morgan fingerprint density at radius 1 is 0.857 bits per heavy atom. The molecule has 0 heterocycles. The molecule has 0 radical (unpaired) electrons. The Kier molecular flexibility index (Phi) is 6.38. The fourth-order valence-electron chi connectivity index (χ4n) is 4.30. The Balaban J connectivity index is 1.74. The second-order valence-corrected chi connectivity index (χ2v) is 6.87. The van der Waals surface area contributed by atoms with Crippen LogP contribution in [-0.4, -0.2) is 0 Å². The molecule has 0 N–H and O–H groups in total. The molecule has 0 atom stereocenters. The molecule has 0 aromatic heterocycles. The van der Waals surface area contributed by atoms with Gasteiger partial charge in [-0.2, -0.15) is 8.78 Å². The molecule has 2 rings (SSSR count). The van der Waals surface area contributed by atoms with Gasteiger partial charge in [-0.25, -0.2) is 4.39 Å². The minimum Gasteiger partial charge on any atom is -0.206 e. The summed E-state index contributed by atoms with van der Waals surface area (Å²) in [5.74, 6) is 0.554. The van der Waals surface area contributed by atoms with Crippen LogP contribution >= 0.6 is 0 Å². The molecule has 0 amide bonds. The Hall–Kier alpha value is -0.730. The van der Waals surface area contributed by atoms with Gasteiger partial charge in [0.1, 0.15) is 0 Å². The van der Waals surface area contributed by atoms with Crippen LogP contribution in [0.3, 0.4) is 0 Å². The third kappa shape index (κ3) is 4.62. The lowest BCUT2D eigenvalue weighted by Crippen LogP contribution is -2.26. The average molecular weight is 300 g/mol. The highest BCUT2D eigenvalue weighted by Crippen LogP contribution is 2.44. The number of allylic oxidation sites excluding steroid dienone is 2. The summed E-state index contributed by atoms with van der Waals surface area (Å²) in [6.45, 7) is 3.78. The molecule has 0 aromatic rings. The minimum absolute atomic E-state index is 0.518. The van der Waals surface area contributed by atoms with Crippen LogP contribution in [0.15, 0.2) is 24.6 Å². The zero-order chi connectivity index (χ0) is 15.2. The van der Waals surface area contributed by atoms with E-state index in [0.29, 0.717) is 18.8 Å². The fourth-order valence-corrected chi connectivity index (χ4v) is 4.30. The summed E-state index contributed by atoms with van der Waals surface area (Å²) in [4.78, 5) is 0. The third-order valence-corrected chi connectivity index (χ3v) is 5.65. The quantitative estimate of drug-likeness (QED) is 0.499. The molecule has 0 unspecified atom stereocenters. The van der Waals surface area contributed by atoms with Crippen LogP contribution in [-0.2, 0) is 0 Å². The molecule has 3 heteroatoms. The van der Waals surface area contributed by atoms with Gasteiger partial charge >= 0.3 is 6.08 Å². The predicted molar refractivity (Wildman–Crippen MR) is 80.7 cm³/mol. The summed E-state index contributed by atoms with van der Waals surface area (Å²) in [6.07, 6.45) is 10.4. The van der Waals surface area contributed by atoms with Crippen molar-refractivity contribution in [3.8, 4) is 0 Å². The average Bonchev–Trinajstić information content (AvgIpc) is 2.53. The molecule has 2 aliphatic carbocycles. The zero-order valence-corrected chi connectivity index (χ0v) is 12.8. The van der Waals surface area contributed by atoms with Crippen LogP contribution in [0.25, 0.3) is 0 Å². The number of hydrogen-bond donors (Lipinski definition) is 0. The van der Waals surface area contributed by atoms with Gasteiger partial charge in [0.25, 0.3) is 0 Å². The van der Waals surface area contributed by atoms with Gasteiger partial charge in [0.2, 0.25) is 0 Å². The minimum atomic E-state index is -2.11. The highest BCUT2D eigenvalue weighted by atomic mass is 19.3. The zero-order valence-electron chi connectivity index (χ0n) is 12.8. The standard InChI is InChI=1S/C18H27F3/c1-2-3-4-13-5-7-14(8-6-13)15-9-11-16(12-10-15)17(19)18(20)21/h2,13-16H,1,3-12H2. The van der Waals surface area contributed by atoms with Crippen molar-refractivity contribution in [1.29, 1.82) is 0 Å². The van der Waals surface area contributed by atoms with Crippen molar-refractivity contribution in [2.75, 3.05) is 0 Å². The van der Waals surface area contributed by atoms with E-state index in [0.717, 1.165) is 31.1 Å². The molecule has 21 heavy (non-hydrogen) atoms. The Morgan fingerprint density at radius 2 is 1.38 bits per heavy atom. The second kappa shape index (κ2) is 8.05. The van der Waals surface area contributed by atoms with Crippen molar-refractivity contribution in [2.24, 2.45) is 23.7 Å². The van der Waals surface area contributed by atoms with Crippen LogP contribution in [0.5, 0.6) is 0 Å². The SMILES string of the molecule is C=CCCC1CCC(C2CCC(C(F)=C(F)F)CC2)CC1. The van der Waals surface area contributed by atoms with E-state index >= 15 is 0 Å². The summed E-state index contributed by atoms with van der Waals surface area (Å²) in [5, 5.41) is 0. The fraction of sp³-hybridized carbons (Fsp3) is 0.778. The monoisotopic (exact) mass is 300 g/mol. The Labute approximate surface area is 126 Å². The van der Waals surface area contributed by atoms with Crippen LogP contribution in [0.2, 0.25) is 0 Å². The van der Waals surface area contributed by atoms with E-state index in [1.807, 2.05) is 6.08 Å². The number of hydrogen-bond acceptors (Lipinski definition) is 0. The molecule has 0 aliphatic heterocycles. The van der Waals surface area contributed by atoms with Gasteiger partial charge in [-0.05, 0) is 69.1 Å². The maximum atomic E-state index is 13.3. The summed E-state index contributed by atoms with van der Waals surface area (Å²) in [7, 11) is 0. The maximum absolute atomic E-state index is 13.3. The van der Waals surface area contributed by atoms with Gasteiger partial charge in [-0.15, -0.1) is 6.58 Å². The Bertz CT molecular complexity index is 355.